The molecule has 1 aliphatic rings. The predicted molar refractivity (Wildman–Crippen MR) is 68.7 cm³/mol. The van der Waals surface area contributed by atoms with Crippen LogP contribution in [-0.4, -0.2) is 35.8 Å². The lowest BCUT2D eigenvalue weighted by Gasteiger charge is -2.24. The molecule has 2 rings (SSSR count). The van der Waals surface area contributed by atoms with Crippen LogP contribution < -0.4 is 10.6 Å². The van der Waals surface area contributed by atoms with Gasteiger partial charge in [-0.15, -0.1) is 0 Å². The van der Waals surface area contributed by atoms with E-state index in [-0.39, 0.29) is 0 Å². The highest BCUT2D eigenvalue weighted by molar-refractivity contribution is 6.32. The van der Waals surface area contributed by atoms with E-state index in [9.17, 15) is 0 Å². The third kappa shape index (κ3) is 3.44. The largest absolute Gasteiger partial charge is 0.381 e. The van der Waals surface area contributed by atoms with Crippen LogP contribution in [0.4, 0.5) is 11.8 Å². The van der Waals surface area contributed by atoms with Gasteiger partial charge in [0.05, 0.1) is 6.20 Å². The Morgan fingerprint density at radius 2 is 2.24 bits per heavy atom. The van der Waals surface area contributed by atoms with Crippen molar-refractivity contribution in [1.82, 2.24) is 9.97 Å². The first-order valence-electron chi connectivity index (χ1n) is 5.90. The van der Waals surface area contributed by atoms with Gasteiger partial charge in [0, 0.05) is 25.8 Å². The summed E-state index contributed by atoms with van der Waals surface area (Å²) in [5, 5.41) is 6.97. The summed E-state index contributed by atoms with van der Waals surface area (Å²) in [6.45, 7) is 4.38. The third-order valence-electron chi connectivity index (χ3n) is 2.64. The van der Waals surface area contributed by atoms with E-state index in [1.54, 1.807) is 6.20 Å². The first-order valence-corrected chi connectivity index (χ1v) is 6.28. The number of rotatable bonds is 4. The first kappa shape index (κ1) is 12.4. The van der Waals surface area contributed by atoms with Crippen molar-refractivity contribution >= 4 is 23.4 Å². The number of hydrogen-bond donors (Lipinski definition) is 2. The van der Waals surface area contributed by atoms with E-state index in [0.29, 0.717) is 22.8 Å². The summed E-state index contributed by atoms with van der Waals surface area (Å²) in [5.41, 5.74) is 0. The molecule has 94 valence electrons. The molecule has 5 nitrogen and oxygen atoms in total. The van der Waals surface area contributed by atoms with Crippen molar-refractivity contribution in [2.45, 2.75) is 25.8 Å². The summed E-state index contributed by atoms with van der Waals surface area (Å²) in [4.78, 5) is 8.45. The molecule has 17 heavy (non-hydrogen) atoms. The molecule has 1 fully saturated rings. The Morgan fingerprint density at radius 1 is 1.47 bits per heavy atom. The van der Waals surface area contributed by atoms with Crippen molar-refractivity contribution < 1.29 is 4.74 Å². The second kappa shape index (κ2) is 6.02. The van der Waals surface area contributed by atoms with Gasteiger partial charge in [0.25, 0.3) is 0 Å². The summed E-state index contributed by atoms with van der Waals surface area (Å²) >= 11 is 6.07. The quantitative estimate of drug-likeness (QED) is 0.865. The standard InChI is InChI=1S/C11H17ClN4O/c1-2-13-11-14-7-9(12)10(16-11)15-8-3-5-17-6-4-8/h7-8H,2-6H2,1H3,(H2,13,14,15,16). The van der Waals surface area contributed by atoms with Gasteiger partial charge in [-0.25, -0.2) is 4.98 Å². The van der Waals surface area contributed by atoms with Gasteiger partial charge in [-0.1, -0.05) is 11.6 Å². The van der Waals surface area contributed by atoms with E-state index >= 15 is 0 Å². The second-order valence-electron chi connectivity index (χ2n) is 3.95. The third-order valence-corrected chi connectivity index (χ3v) is 2.92. The zero-order chi connectivity index (χ0) is 12.1. The van der Waals surface area contributed by atoms with Gasteiger partial charge in [-0.05, 0) is 19.8 Å². The van der Waals surface area contributed by atoms with Gasteiger partial charge in [0.1, 0.15) is 5.02 Å². The number of halogens is 1. The Labute approximate surface area is 106 Å². The minimum absolute atomic E-state index is 0.380. The Morgan fingerprint density at radius 3 is 2.94 bits per heavy atom. The lowest BCUT2D eigenvalue weighted by molar-refractivity contribution is 0.0904. The predicted octanol–water partition coefficient (Wildman–Crippen LogP) is 2.15. The van der Waals surface area contributed by atoms with Crippen molar-refractivity contribution in [2.24, 2.45) is 0 Å². The Kier molecular flexibility index (Phi) is 4.39. The van der Waals surface area contributed by atoms with Crippen LogP contribution in [-0.2, 0) is 4.74 Å². The van der Waals surface area contributed by atoms with Crippen molar-refractivity contribution in [2.75, 3.05) is 30.4 Å². The fourth-order valence-corrected chi connectivity index (χ4v) is 1.89. The number of nitrogens with one attached hydrogen (secondary N) is 2. The first-order chi connectivity index (χ1) is 8.29. The van der Waals surface area contributed by atoms with Gasteiger partial charge < -0.3 is 15.4 Å². The molecule has 1 aliphatic heterocycles. The molecule has 0 radical (unpaired) electrons. The van der Waals surface area contributed by atoms with Crippen LogP contribution >= 0.6 is 11.6 Å². The van der Waals surface area contributed by atoms with Crippen LogP contribution in [0.5, 0.6) is 0 Å². The number of anilines is 2. The summed E-state index contributed by atoms with van der Waals surface area (Å²) in [5.74, 6) is 1.30. The van der Waals surface area contributed by atoms with Crippen molar-refractivity contribution in [1.29, 1.82) is 0 Å². The van der Waals surface area contributed by atoms with Gasteiger partial charge in [-0.2, -0.15) is 4.98 Å². The normalized spacial score (nSPS) is 16.8. The lowest BCUT2D eigenvalue weighted by Crippen LogP contribution is -2.28. The fourth-order valence-electron chi connectivity index (χ4n) is 1.75. The minimum Gasteiger partial charge on any atom is -0.381 e. The maximum absolute atomic E-state index is 6.07. The molecule has 1 saturated heterocycles. The monoisotopic (exact) mass is 256 g/mol. The van der Waals surface area contributed by atoms with Crippen LogP contribution in [0.2, 0.25) is 5.02 Å². The Hall–Kier alpha value is -1.07. The highest BCUT2D eigenvalue weighted by Crippen LogP contribution is 2.22. The highest BCUT2D eigenvalue weighted by atomic mass is 35.5. The van der Waals surface area contributed by atoms with E-state index in [1.165, 1.54) is 0 Å². The molecule has 2 N–H and O–H groups in total. The molecule has 0 aromatic carbocycles. The summed E-state index contributed by atoms with van der Waals surface area (Å²) in [7, 11) is 0. The highest BCUT2D eigenvalue weighted by Gasteiger charge is 2.15. The van der Waals surface area contributed by atoms with Gasteiger partial charge >= 0.3 is 0 Å². The van der Waals surface area contributed by atoms with Gasteiger partial charge in [0.15, 0.2) is 5.82 Å². The van der Waals surface area contributed by atoms with Crippen molar-refractivity contribution in [3.63, 3.8) is 0 Å². The molecular weight excluding hydrogens is 240 g/mol. The zero-order valence-corrected chi connectivity index (χ0v) is 10.6. The molecule has 6 heteroatoms. The molecule has 0 unspecified atom stereocenters. The summed E-state index contributed by atoms with van der Waals surface area (Å²) in [6.07, 6.45) is 3.59. The molecule has 0 bridgehead atoms. The minimum atomic E-state index is 0.380. The average Bonchev–Trinajstić information content (AvgIpc) is 2.35. The Bertz CT molecular complexity index is 368. The van der Waals surface area contributed by atoms with Crippen LogP contribution in [0.3, 0.4) is 0 Å². The van der Waals surface area contributed by atoms with Gasteiger partial charge in [0.2, 0.25) is 5.95 Å². The second-order valence-corrected chi connectivity index (χ2v) is 4.36. The number of ether oxygens (including phenoxy) is 1. The maximum atomic E-state index is 6.07. The van der Waals surface area contributed by atoms with E-state index in [2.05, 4.69) is 20.6 Å². The van der Waals surface area contributed by atoms with E-state index in [1.807, 2.05) is 6.92 Å². The number of hydrogen-bond acceptors (Lipinski definition) is 5. The molecule has 0 atom stereocenters. The number of aromatic nitrogens is 2. The Balaban J connectivity index is 2.04. The topological polar surface area (TPSA) is 59.1 Å². The van der Waals surface area contributed by atoms with Crippen LogP contribution in [0, 0.1) is 0 Å². The van der Waals surface area contributed by atoms with E-state index < -0.39 is 0 Å². The van der Waals surface area contributed by atoms with Crippen molar-refractivity contribution in [3.8, 4) is 0 Å². The molecule has 0 aliphatic carbocycles. The smallest absolute Gasteiger partial charge is 0.224 e. The number of nitrogens with zero attached hydrogens (tertiary/aromatic N) is 2. The van der Waals surface area contributed by atoms with Gasteiger partial charge in [-0.3, -0.25) is 0 Å². The molecule has 1 aromatic rings. The fraction of sp³-hybridized carbons (Fsp3) is 0.636. The molecule has 1 aromatic heterocycles. The molecule has 0 saturated carbocycles. The SMILES string of the molecule is CCNc1ncc(Cl)c(NC2CCOCC2)n1. The summed E-state index contributed by atoms with van der Waals surface area (Å²) in [6, 6.07) is 0.380. The summed E-state index contributed by atoms with van der Waals surface area (Å²) < 4.78 is 5.31. The maximum Gasteiger partial charge on any atom is 0.224 e. The molecule has 0 spiro atoms. The molecular formula is C11H17ClN4O. The van der Waals surface area contributed by atoms with Crippen LogP contribution in [0.1, 0.15) is 19.8 Å². The molecule has 0 amide bonds. The molecule has 2 heterocycles. The average molecular weight is 257 g/mol. The van der Waals surface area contributed by atoms with Crippen molar-refractivity contribution in [3.05, 3.63) is 11.2 Å². The van der Waals surface area contributed by atoms with Crippen LogP contribution in [0.25, 0.3) is 0 Å². The van der Waals surface area contributed by atoms with E-state index in [4.69, 9.17) is 16.3 Å². The van der Waals surface area contributed by atoms with Crippen LogP contribution in [0.15, 0.2) is 6.20 Å². The lowest BCUT2D eigenvalue weighted by atomic mass is 10.1. The van der Waals surface area contributed by atoms with E-state index in [0.717, 1.165) is 32.6 Å². The zero-order valence-electron chi connectivity index (χ0n) is 9.87.